The summed E-state index contributed by atoms with van der Waals surface area (Å²) in [5.41, 5.74) is 14.7. The Morgan fingerprint density at radius 3 is 1.55 bits per heavy atom. The van der Waals surface area contributed by atoms with Crippen LogP contribution < -0.4 is 4.90 Å². The Hall–Kier alpha value is -6.26. The van der Waals surface area contributed by atoms with E-state index in [-0.39, 0.29) is 0 Å². The van der Waals surface area contributed by atoms with Gasteiger partial charge in [0.05, 0.1) is 40.1 Å². The van der Waals surface area contributed by atoms with Crippen LogP contribution in [0.3, 0.4) is 0 Å². The van der Waals surface area contributed by atoms with Crippen LogP contribution in [0.25, 0.3) is 39.4 Å². The minimum atomic E-state index is -0.445. The lowest BCUT2D eigenvalue weighted by molar-refractivity contribution is 0.752. The zero-order valence-electron chi connectivity index (χ0n) is 25.5. The van der Waals surface area contributed by atoms with Crippen LogP contribution in [0.15, 0.2) is 170 Å². The number of imidazole rings is 1. The normalized spacial score (nSPS) is 13.7. The van der Waals surface area contributed by atoms with E-state index < -0.39 is 5.41 Å². The van der Waals surface area contributed by atoms with Gasteiger partial charge in [0.1, 0.15) is 0 Å². The third-order valence-electron chi connectivity index (χ3n) is 9.87. The summed E-state index contributed by atoms with van der Waals surface area (Å²) in [6.45, 7) is 0. The van der Waals surface area contributed by atoms with Crippen molar-refractivity contribution in [1.82, 2.24) is 14.4 Å². The number of aromatic nitrogens is 3. The summed E-state index contributed by atoms with van der Waals surface area (Å²) in [7, 11) is 0. The van der Waals surface area contributed by atoms with Crippen LogP contribution in [-0.2, 0) is 5.41 Å². The number of rotatable bonds is 3. The Balaban J connectivity index is 1.26. The Morgan fingerprint density at radius 1 is 0.468 bits per heavy atom. The first-order chi connectivity index (χ1) is 23.3. The lowest BCUT2D eigenvalue weighted by atomic mass is 9.64. The van der Waals surface area contributed by atoms with E-state index >= 15 is 0 Å². The van der Waals surface area contributed by atoms with Crippen molar-refractivity contribution in [3.8, 4) is 33.6 Å². The van der Waals surface area contributed by atoms with Crippen LogP contribution >= 0.6 is 0 Å². The second-order valence-electron chi connectivity index (χ2n) is 12.2. The summed E-state index contributed by atoms with van der Waals surface area (Å²) in [5.74, 6) is 0.667. The molecule has 6 aromatic carbocycles. The van der Waals surface area contributed by atoms with E-state index in [1.807, 2.05) is 12.3 Å². The molecule has 0 unspecified atom stereocenters. The molecule has 10 rings (SSSR count). The minimum absolute atomic E-state index is 0.445. The zero-order chi connectivity index (χ0) is 31.0. The molecular weight excluding hydrogens is 573 g/mol. The molecule has 2 aliphatic rings. The molecule has 0 bridgehead atoms. The largest absolute Gasteiger partial charge is 0.307 e. The maximum Gasteiger partial charge on any atom is 0.234 e. The average Bonchev–Trinajstić information content (AvgIpc) is 3.67. The topological polar surface area (TPSA) is 33.4 Å². The number of fused-ring (bicyclic) bond motifs is 10. The smallest absolute Gasteiger partial charge is 0.234 e. The van der Waals surface area contributed by atoms with E-state index in [2.05, 4.69) is 167 Å². The number of hydrogen-bond acceptors (Lipinski definition) is 3. The number of benzene rings is 6. The van der Waals surface area contributed by atoms with Crippen molar-refractivity contribution >= 4 is 22.8 Å². The fraction of sp³-hybridized carbons (Fsp3) is 0.0233. The van der Waals surface area contributed by atoms with Crippen molar-refractivity contribution < 1.29 is 0 Å². The highest BCUT2D eigenvalue weighted by atomic mass is 15.2. The van der Waals surface area contributed by atoms with Crippen molar-refractivity contribution in [3.05, 3.63) is 192 Å². The molecule has 1 aliphatic carbocycles. The first kappa shape index (κ1) is 26.0. The Labute approximate surface area is 272 Å². The van der Waals surface area contributed by atoms with Crippen molar-refractivity contribution in [2.75, 3.05) is 4.90 Å². The lowest BCUT2D eigenvalue weighted by Gasteiger charge is -2.44. The van der Waals surface area contributed by atoms with E-state index in [1.165, 1.54) is 33.4 Å². The van der Waals surface area contributed by atoms with Crippen LogP contribution in [0.5, 0.6) is 0 Å². The molecule has 220 valence electrons. The number of hydrogen-bond donors (Lipinski definition) is 0. The predicted octanol–water partition coefficient (Wildman–Crippen LogP) is 10.2. The SMILES string of the molecule is c1ccc(-c2nc3ncc(N4c5ccccc5C5(c6ccccc6-c6ccccc65)c5ccccc54)cn3c2-c2ccccc2)cc1. The van der Waals surface area contributed by atoms with Crippen LogP contribution in [0, 0.1) is 0 Å². The second kappa shape index (κ2) is 9.87. The molecule has 0 atom stereocenters. The van der Waals surface area contributed by atoms with Gasteiger partial charge in [-0.3, -0.25) is 4.40 Å². The van der Waals surface area contributed by atoms with E-state index in [0.717, 1.165) is 39.6 Å². The molecule has 0 saturated heterocycles. The standard InChI is InChI=1S/C43H28N4/c1-3-15-29(16-4-1)40-41(30-17-5-2-6-18-30)46-28-31(27-44-42(46)45-40)47-38-25-13-11-23-36(38)43(37-24-12-14-26-39(37)47)34-21-9-7-19-32(34)33-20-8-10-22-35(33)43/h1-28H. The fourth-order valence-electron chi connectivity index (χ4n) is 8.05. The third kappa shape index (κ3) is 3.52. The molecule has 0 radical (unpaired) electrons. The Morgan fingerprint density at radius 2 is 0.957 bits per heavy atom. The highest BCUT2D eigenvalue weighted by Crippen LogP contribution is 2.63. The Bertz CT molecular complexity index is 2380. The average molecular weight is 601 g/mol. The van der Waals surface area contributed by atoms with Gasteiger partial charge < -0.3 is 4.90 Å². The van der Waals surface area contributed by atoms with E-state index in [1.54, 1.807) is 0 Å². The van der Waals surface area contributed by atoms with Gasteiger partial charge in [0.2, 0.25) is 5.78 Å². The zero-order valence-corrected chi connectivity index (χ0v) is 25.5. The van der Waals surface area contributed by atoms with Crippen molar-refractivity contribution in [3.63, 3.8) is 0 Å². The highest BCUT2D eigenvalue weighted by Gasteiger charge is 2.51. The number of nitrogens with zero attached hydrogens (tertiary/aromatic N) is 4. The van der Waals surface area contributed by atoms with Crippen molar-refractivity contribution in [1.29, 1.82) is 0 Å². The molecule has 47 heavy (non-hydrogen) atoms. The molecule has 1 spiro atoms. The van der Waals surface area contributed by atoms with Crippen molar-refractivity contribution in [2.45, 2.75) is 5.41 Å². The summed E-state index contributed by atoms with van der Waals surface area (Å²) in [6, 6.07) is 56.5. The molecule has 4 heteroatoms. The molecule has 2 aromatic heterocycles. The molecule has 0 fully saturated rings. The van der Waals surface area contributed by atoms with Crippen LogP contribution in [-0.4, -0.2) is 14.4 Å². The molecule has 8 aromatic rings. The molecule has 0 N–H and O–H groups in total. The van der Waals surface area contributed by atoms with Gasteiger partial charge in [-0.2, -0.15) is 0 Å². The van der Waals surface area contributed by atoms with Crippen LogP contribution in [0.1, 0.15) is 22.3 Å². The lowest BCUT2D eigenvalue weighted by Crippen LogP contribution is -2.36. The van der Waals surface area contributed by atoms with Gasteiger partial charge in [-0.25, -0.2) is 9.97 Å². The van der Waals surface area contributed by atoms with Gasteiger partial charge in [-0.15, -0.1) is 0 Å². The number of para-hydroxylation sites is 2. The van der Waals surface area contributed by atoms with E-state index in [4.69, 9.17) is 9.97 Å². The van der Waals surface area contributed by atoms with Gasteiger partial charge in [-0.1, -0.05) is 146 Å². The van der Waals surface area contributed by atoms with Gasteiger partial charge in [-0.05, 0) is 45.5 Å². The van der Waals surface area contributed by atoms with Gasteiger partial charge in [0, 0.05) is 17.3 Å². The van der Waals surface area contributed by atoms with Crippen LogP contribution in [0.4, 0.5) is 17.1 Å². The first-order valence-electron chi connectivity index (χ1n) is 16.0. The second-order valence-corrected chi connectivity index (χ2v) is 12.2. The summed E-state index contributed by atoms with van der Waals surface area (Å²) >= 11 is 0. The number of anilines is 3. The quantitative estimate of drug-likeness (QED) is 0.202. The van der Waals surface area contributed by atoms with Crippen molar-refractivity contribution in [2.24, 2.45) is 0 Å². The van der Waals surface area contributed by atoms with Gasteiger partial charge in [0.15, 0.2) is 0 Å². The van der Waals surface area contributed by atoms with Gasteiger partial charge >= 0.3 is 0 Å². The third-order valence-corrected chi connectivity index (χ3v) is 9.87. The maximum absolute atomic E-state index is 5.08. The molecule has 1 aliphatic heterocycles. The van der Waals surface area contributed by atoms with Gasteiger partial charge in [0.25, 0.3) is 0 Å². The van der Waals surface area contributed by atoms with E-state index in [9.17, 15) is 0 Å². The highest BCUT2D eigenvalue weighted by molar-refractivity contribution is 5.95. The molecule has 0 saturated carbocycles. The summed E-state index contributed by atoms with van der Waals surface area (Å²) in [6.07, 6.45) is 4.17. The molecule has 3 heterocycles. The summed E-state index contributed by atoms with van der Waals surface area (Å²) in [5, 5.41) is 0. The van der Waals surface area contributed by atoms with Crippen LogP contribution in [0.2, 0.25) is 0 Å². The fourth-order valence-corrected chi connectivity index (χ4v) is 8.05. The maximum atomic E-state index is 5.08. The molecule has 4 nitrogen and oxygen atoms in total. The van der Waals surface area contributed by atoms with E-state index in [0.29, 0.717) is 5.78 Å². The predicted molar refractivity (Wildman–Crippen MR) is 189 cm³/mol. The summed E-state index contributed by atoms with van der Waals surface area (Å²) in [4.78, 5) is 12.5. The minimum Gasteiger partial charge on any atom is -0.307 e. The monoisotopic (exact) mass is 600 g/mol. The molecular formula is C43H28N4. The Kier molecular flexibility index (Phi) is 5.46. The molecule has 0 amide bonds. The summed E-state index contributed by atoms with van der Waals surface area (Å²) < 4.78 is 2.16. The first-order valence-corrected chi connectivity index (χ1v) is 16.0.